The fourth-order valence-corrected chi connectivity index (χ4v) is 8.63. The number of halogens is 1. The minimum absolute atomic E-state index is 0.0440. The lowest BCUT2D eigenvalue weighted by atomic mass is 9.84. The fourth-order valence-electron chi connectivity index (χ4n) is 8.63. The first kappa shape index (κ1) is 31.5. The summed E-state index contributed by atoms with van der Waals surface area (Å²) in [5.41, 5.74) is 11.8. The quantitative estimate of drug-likeness (QED) is 0.280. The van der Waals surface area contributed by atoms with Crippen LogP contribution in [0.15, 0.2) is 36.5 Å². The van der Waals surface area contributed by atoms with Gasteiger partial charge in [0.05, 0.1) is 22.9 Å². The summed E-state index contributed by atoms with van der Waals surface area (Å²) in [6.45, 7) is 5.42. The number of aliphatic hydroxyl groups excluding tert-OH is 1. The molecule has 1 atom stereocenters. The molecule has 0 spiro atoms. The Balaban J connectivity index is 1.11. The van der Waals surface area contributed by atoms with Crippen LogP contribution in [0.5, 0.6) is 0 Å². The largest absolute Gasteiger partial charge is 0.393 e. The molecule has 5 heterocycles. The van der Waals surface area contributed by atoms with Gasteiger partial charge in [0.2, 0.25) is 5.91 Å². The van der Waals surface area contributed by atoms with Crippen molar-refractivity contribution in [3.05, 3.63) is 59.0 Å². The van der Waals surface area contributed by atoms with Gasteiger partial charge in [-0.05, 0) is 101 Å². The molecule has 4 fully saturated rings. The van der Waals surface area contributed by atoms with Crippen molar-refractivity contribution in [3.8, 4) is 11.4 Å². The molecule has 3 N–H and O–H groups in total. The number of amides is 2. The molecule has 10 heteroatoms. The van der Waals surface area contributed by atoms with E-state index in [1.807, 2.05) is 6.92 Å². The van der Waals surface area contributed by atoms with Crippen LogP contribution in [-0.2, 0) is 11.3 Å². The highest BCUT2D eigenvalue weighted by atomic mass is 19.1. The van der Waals surface area contributed by atoms with E-state index >= 15 is 4.39 Å². The second-order valence-corrected chi connectivity index (χ2v) is 15.0. The lowest BCUT2D eigenvalue weighted by Gasteiger charge is -2.36. The average Bonchev–Trinajstić information content (AvgIpc) is 3.76. The number of aromatic nitrogens is 3. The molecular weight excluding hydrogens is 607 g/mol. The maximum atomic E-state index is 15.8. The zero-order valence-corrected chi connectivity index (χ0v) is 27.9. The topological polar surface area (TPSA) is 109 Å². The first-order valence-electron chi connectivity index (χ1n) is 18.1. The molecule has 2 saturated carbocycles. The zero-order chi connectivity index (χ0) is 33.1. The third-order valence-electron chi connectivity index (χ3n) is 11.5. The number of carbonyl (C=O) groups excluding carboxylic acids is 2. The van der Waals surface area contributed by atoms with Crippen LogP contribution in [0.4, 0.5) is 4.39 Å². The van der Waals surface area contributed by atoms with Crippen molar-refractivity contribution >= 4 is 28.2 Å². The number of aliphatic hydroxyl groups is 1. The number of piperidine rings is 2. The second-order valence-electron chi connectivity index (χ2n) is 15.0. The Morgan fingerprint density at radius 1 is 0.958 bits per heavy atom. The molecule has 9 nitrogen and oxygen atoms in total. The molecule has 4 aliphatic rings. The van der Waals surface area contributed by atoms with Crippen molar-refractivity contribution < 1.29 is 19.1 Å². The van der Waals surface area contributed by atoms with Crippen LogP contribution >= 0.6 is 0 Å². The predicted octanol–water partition coefficient (Wildman–Crippen LogP) is 5.63. The molecule has 48 heavy (non-hydrogen) atoms. The summed E-state index contributed by atoms with van der Waals surface area (Å²) in [4.78, 5) is 30.5. The van der Waals surface area contributed by atoms with Crippen molar-refractivity contribution in [2.75, 3.05) is 26.2 Å². The maximum Gasteiger partial charge on any atom is 0.255 e. The van der Waals surface area contributed by atoms with E-state index in [0.717, 1.165) is 93.3 Å². The van der Waals surface area contributed by atoms with Gasteiger partial charge >= 0.3 is 0 Å². The van der Waals surface area contributed by atoms with Gasteiger partial charge in [0.15, 0.2) is 0 Å². The van der Waals surface area contributed by atoms with Gasteiger partial charge in [-0.2, -0.15) is 5.10 Å². The highest BCUT2D eigenvalue weighted by Gasteiger charge is 2.33. The van der Waals surface area contributed by atoms with Crippen LogP contribution in [0.1, 0.15) is 91.6 Å². The number of nitrogens with two attached hydrogens (primary N) is 1. The van der Waals surface area contributed by atoms with Gasteiger partial charge in [-0.3, -0.25) is 9.59 Å². The lowest BCUT2D eigenvalue weighted by molar-refractivity contribution is -0.138. The Labute approximate surface area is 280 Å². The second kappa shape index (κ2) is 12.6. The van der Waals surface area contributed by atoms with Crippen LogP contribution in [0.2, 0.25) is 0 Å². The standard InChI is InChI=1S/C38H47FN6O3/c1-23-34(41-45-21-28(18-32(39)35(23)45)38(48)43-15-3-5-29(40)22-43)33-19-27-4-2-6-31(36(27)44(33)20-24-7-8-24)25-13-16-42(17-14-25)37(47)26-9-11-30(46)12-10-26/h2,4,6,18-19,21,24-26,29-30,46H,3,5,7-17,20,22,40H2,1H3. The fraction of sp³-hybridized carbons (Fsp3) is 0.553. The molecule has 2 aliphatic heterocycles. The van der Waals surface area contributed by atoms with Gasteiger partial charge in [-0.1, -0.05) is 18.2 Å². The number of nitrogens with zero attached hydrogens (tertiary/aromatic N) is 5. The normalized spacial score (nSPS) is 24.1. The summed E-state index contributed by atoms with van der Waals surface area (Å²) in [5.74, 6) is 0.588. The summed E-state index contributed by atoms with van der Waals surface area (Å²) in [6, 6.07) is 10.0. The van der Waals surface area contributed by atoms with E-state index in [0.29, 0.717) is 30.4 Å². The summed E-state index contributed by atoms with van der Waals surface area (Å²) < 4.78 is 19.8. The Bertz CT molecular complexity index is 1860. The molecule has 1 unspecified atom stereocenters. The Hall–Kier alpha value is -3.76. The molecule has 2 aliphatic carbocycles. The third kappa shape index (κ3) is 5.81. The van der Waals surface area contributed by atoms with Crippen LogP contribution in [0.3, 0.4) is 0 Å². The Morgan fingerprint density at radius 2 is 1.73 bits per heavy atom. The SMILES string of the molecule is Cc1c(-c2cc3cccc(C4CCN(C(=O)C5CCC(O)CC5)CC4)c3n2CC2CC2)nn2cc(C(=O)N3CCCC(N)C3)cc(F)c12. The van der Waals surface area contributed by atoms with Gasteiger partial charge in [0.1, 0.15) is 17.0 Å². The number of aryl methyl sites for hydroxylation is 1. The number of fused-ring (bicyclic) bond motifs is 2. The van der Waals surface area contributed by atoms with Gasteiger partial charge in [-0.15, -0.1) is 0 Å². The van der Waals surface area contributed by atoms with E-state index in [2.05, 4.69) is 33.7 Å². The average molecular weight is 655 g/mol. The molecule has 8 rings (SSSR count). The molecule has 2 amide bonds. The first-order chi connectivity index (χ1) is 23.2. The summed E-state index contributed by atoms with van der Waals surface area (Å²) in [6.07, 6.45) is 10.4. The Kier molecular flexibility index (Phi) is 8.27. The van der Waals surface area contributed by atoms with Gasteiger partial charge < -0.3 is 25.2 Å². The minimum atomic E-state index is -0.449. The number of benzene rings is 1. The summed E-state index contributed by atoms with van der Waals surface area (Å²) >= 11 is 0. The molecule has 254 valence electrons. The van der Waals surface area contributed by atoms with Gasteiger partial charge in [0, 0.05) is 61.8 Å². The lowest BCUT2D eigenvalue weighted by Crippen LogP contribution is -2.45. The smallest absolute Gasteiger partial charge is 0.255 e. The van der Waals surface area contributed by atoms with Crippen molar-refractivity contribution in [2.24, 2.45) is 17.6 Å². The van der Waals surface area contributed by atoms with E-state index in [1.165, 1.54) is 30.0 Å². The van der Waals surface area contributed by atoms with Gasteiger partial charge in [0.25, 0.3) is 5.91 Å². The number of carbonyl (C=O) groups is 2. The number of hydrogen-bond acceptors (Lipinski definition) is 5. The number of likely N-dealkylation sites (tertiary alicyclic amines) is 2. The summed E-state index contributed by atoms with van der Waals surface area (Å²) in [5, 5.41) is 16.0. The Morgan fingerprint density at radius 3 is 2.46 bits per heavy atom. The molecule has 2 saturated heterocycles. The van der Waals surface area contributed by atoms with E-state index in [4.69, 9.17) is 10.8 Å². The van der Waals surface area contributed by atoms with Crippen LogP contribution < -0.4 is 5.73 Å². The van der Waals surface area contributed by atoms with E-state index in [-0.39, 0.29) is 35.4 Å². The molecule has 1 aromatic carbocycles. The third-order valence-corrected chi connectivity index (χ3v) is 11.5. The van der Waals surface area contributed by atoms with Crippen LogP contribution in [-0.4, -0.2) is 79.2 Å². The zero-order valence-electron chi connectivity index (χ0n) is 27.9. The number of pyridine rings is 1. The molecule has 4 aromatic rings. The van der Waals surface area contributed by atoms with Crippen molar-refractivity contribution in [2.45, 2.75) is 95.7 Å². The van der Waals surface area contributed by atoms with Crippen molar-refractivity contribution in [1.82, 2.24) is 24.0 Å². The van der Waals surface area contributed by atoms with Crippen molar-refractivity contribution in [1.29, 1.82) is 0 Å². The summed E-state index contributed by atoms with van der Waals surface area (Å²) in [7, 11) is 0. The highest BCUT2D eigenvalue weighted by molar-refractivity contribution is 5.95. The van der Waals surface area contributed by atoms with Crippen molar-refractivity contribution in [3.63, 3.8) is 0 Å². The van der Waals surface area contributed by atoms with E-state index in [9.17, 15) is 14.7 Å². The van der Waals surface area contributed by atoms with Crippen LogP contribution in [0, 0.1) is 24.6 Å². The molecule has 0 bridgehead atoms. The van der Waals surface area contributed by atoms with E-state index in [1.54, 1.807) is 15.6 Å². The number of para-hydroxylation sites is 1. The monoisotopic (exact) mass is 654 g/mol. The van der Waals surface area contributed by atoms with E-state index < -0.39 is 5.82 Å². The molecular formula is C38H47FN6O3. The maximum absolute atomic E-state index is 15.8. The first-order valence-corrected chi connectivity index (χ1v) is 18.1. The van der Waals surface area contributed by atoms with Crippen LogP contribution in [0.25, 0.3) is 27.8 Å². The van der Waals surface area contributed by atoms with Gasteiger partial charge in [-0.25, -0.2) is 8.91 Å². The predicted molar refractivity (Wildman–Crippen MR) is 183 cm³/mol. The molecule has 0 radical (unpaired) electrons. The number of rotatable bonds is 6. The highest BCUT2D eigenvalue weighted by Crippen LogP contribution is 2.41. The number of hydrogen-bond donors (Lipinski definition) is 2. The minimum Gasteiger partial charge on any atom is -0.393 e. The molecule has 3 aromatic heterocycles.